The van der Waals surface area contributed by atoms with Crippen molar-refractivity contribution in [2.45, 2.75) is 153 Å². The predicted molar refractivity (Wildman–Crippen MR) is 152 cm³/mol. The van der Waals surface area contributed by atoms with Crippen molar-refractivity contribution in [3.63, 3.8) is 0 Å². The summed E-state index contributed by atoms with van der Waals surface area (Å²) in [6.45, 7) is 10.4. The predicted octanol–water partition coefficient (Wildman–Crippen LogP) is 6.10. The van der Waals surface area contributed by atoms with E-state index in [0.717, 1.165) is 57.8 Å². The maximum absolute atomic E-state index is 14.6. The number of carbonyl (C=O) groups is 2. The third kappa shape index (κ3) is 3.93. The smallest absolute Gasteiger partial charge is 0.314 e. The van der Waals surface area contributed by atoms with Crippen molar-refractivity contribution in [3.05, 3.63) is 0 Å². The highest BCUT2D eigenvalue weighted by molar-refractivity contribution is 5.81. The van der Waals surface area contributed by atoms with E-state index >= 15 is 0 Å². The molecule has 10 fully saturated rings. The van der Waals surface area contributed by atoms with Gasteiger partial charge in [0.05, 0.1) is 11.3 Å². The minimum Gasteiger partial charge on any atom is -0.432 e. The summed E-state index contributed by atoms with van der Waals surface area (Å²) in [5.74, 6) is -2.55. The number of esters is 2. The Morgan fingerprint density at radius 1 is 0.705 bits per heavy atom. The molecule has 2 aliphatic carbocycles. The van der Waals surface area contributed by atoms with Gasteiger partial charge >= 0.3 is 11.9 Å². The van der Waals surface area contributed by atoms with E-state index in [9.17, 15) is 9.59 Å². The first kappa shape index (κ1) is 30.1. The first-order chi connectivity index (χ1) is 21.0. The Hall–Kier alpha value is -1.30. The summed E-state index contributed by atoms with van der Waals surface area (Å²) in [4.78, 5) is 53.9. The lowest BCUT2D eigenvalue weighted by Gasteiger charge is -2.63. The molecule has 8 heterocycles. The van der Waals surface area contributed by atoms with Crippen LogP contribution < -0.4 is 0 Å². The zero-order valence-corrected chi connectivity index (χ0v) is 27.0. The lowest BCUT2D eigenvalue weighted by Crippen LogP contribution is -2.74. The summed E-state index contributed by atoms with van der Waals surface area (Å²) in [6, 6.07) is 0. The van der Waals surface area contributed by atoms with E-state index in [1.54, 1.807) is 0 Å². The topological polar surface area (TPSA) is 108 Å². The Kier molecular flexibility index (Phi) is 6.90. The van der Waals surface area contributed by atoms with Crippen molar-refractivity contribution >= 4 is 11.9 Å². The molecule has 44 heavy (non-hydrogen) atoms. The normalized spacial score (nSPS) is 55.7. The van der Waals surface area contributed by atoms with Crippen molar-refractivity contribution in [1.82, 2.24) is 0 Å². The van der Waals surface area contributed by atoms with Gasteiger partial charge in [-0.3, -0.25) is 9.59 Å². The average molecular weight is 619 g/mol. The van der Waals surface area contributed by atoms with Crippen molar-refractivity contribution in [3.8, 4) is 0 Å². The molecule has 8 aliphatic heterocycles. The number of fused-ring (bicyclic) bond motifs is 4. The fourth-order valence-corrected chi connectivity index (χ4v) is 11.3. The average Bonchev–Trinajstić information content (AvgIpc) is 3.36. The van der Waals surface area contributed by atoms with Crippen molar-refractivity contribution in [2.24, 2.45) is 46.8 Å². The highest BCUT2D eigenvalue weighted by atomic mass is 17.3. The van der Waals surface area contributed by atoms with Crippen molar-refractivity contribution < 1.29 is 48.1 Å². The van der Waals surface area contributed by atoms with Gasteiger partial charge in [0, 0.05) is 36.5 Å². The lowest BCUT2D eigenvalue weighted by atomic mass is 9.49. The van der Waals surface area contributed by atoms with E-state index < -0.39 is 46.7 Å². The second-order valence-electron chi connectivity index (χ2n) is 16.0. The Bertz CT molecular complexity index is 1190. The van der Waals surface area contributed by atoms with Crippen molar-refractivity contribution in [1.29, 1.82) is 0 Å². The third-order valence-corrected chi connectivity index (χ3v) is 13.6. The molecule has 246 valence electrons. The van der Waals surface area contributed by atoms with Gasteiger partial charge in [-0.1, -0.05) is 40.0 Å². The molecule has 0 aromatic carbocycles. The molecule has 0 amide bonds. The molecule has 10 heteroatoms. The Balaban J connectivity index is 1.22. The molecule has 0 aromatic rings. The quantitative estimate of drug-likeness (QED) is 0.197. The van der Waals surface area contributed by atoms with Crippen LogP contribution in [0.4, 0.5) is 0 Å². The van der Waals surface area contributed by atoms with Crippen LogP contribution in [-0.4, -0.2) is 47.3 Å². The molecule has 2 unspecified atom stereocenters. The first-order valence-electron chi connectivity index (χ1n) is 17.5. The second kappa shape index (κ2) is 10.1. The monoisotopic (exact) mass is 618 g/mol. The van der Waals surface area contributed by atoms with Gasteiger partial charge in [-0.25, -0.2) is 19.6 Å². The molecule has 10 rings (SSSR count). The second-order valence-corrected chi connectivity index (χ2v) is 16.0. The number of unbranched alkanes of at least 4 members (excludes halogenated alkanes) is 2. The molecule has 2 spiro atoms. The lowest BCUT2D eigenvalue weighted by molar-refractivity contribution is -0.564. The van der Waals surface area contributed by atoms with Crippen LogP contribution in [-0.2, 0) is 48.1 Å². The minimum atomic E-state index is -0.962. The summed E-state index contributed by atoms with van der Waals surface area (Å²) in [5, 5.41) is 0. The zero-order chi connectivity index (χ0) is 30.7. The van der Waals surface area contributed by atoms with Crippen LogP contribution in [0.2, 0.25) is 0 Å². The van der Waals surface area contributed by atoms with Gasteiger partial charge in [-0.05, 0) is 77.0 Å². The SMILES string of the molecule is CCCCCC1(CC2C(=O)O[C@@H]3O[C@@]4(C)CC[C@H]5[C@H](C)CC[C@@H]2[C@@]35OO4)C(=O)O[C@@H]2O[C@@]3(C)CC[C@H]4[C@H](C)CC[C@@H]1[C@@]24OO3. The van der Waals surface area contributed by atoms with Gasteiger partial charge in [0.1, 0.15) is 0 Å². The largest absolute Gasteiger partial charge is 0.432 e. The summed E-state index contributed by atoms with van der Waals surface area (Å²) < 4.78 is 25.5. The maximum atomic E-state index is 14.6. The molecular weight excluding hydrogens is 568 g/mol. The fourth-order valence-electron chi connectivity index (χ4n) is 11.3. The van der Waals surface area contributed by atoms with Gasteiger partial charge in [0.25, 0.3) is 0 Å². The van der Waals surface area contributed by atoms with Gasteiger partial charge in [0.15, 0.2) is 11.2 Å². The summed E-state index contributed by atoms with van der Waals surface area (Å²) in [5.41, 5.74) is -2.79. The van der Waals surface area contributed by atoms with Crippen LogP contribution in [0.1, 0.15) is 118 Å². The Morgan fingerprint density at radius 2 is 1.32 bits per heavy atom. The molecule has 4 bridgehead atoms. The van der Waals surface area contributed by atoms with Crippen LogP contribution in [0.25, 0.3) is 0 Å². The zero-order valence-electron chi connectivity index (χ0n) is 27.0. The molecule has 10 aliphatic rings. The van der Waals surface area contributed by atoms with Crippen LogP contribution >= 0.6 is 0 Å². The minimum absolute atomic E-state index is 0.110. The number of ether oxygens (including phenoxy) is 4. The summed E-state index contributed by atoms with van der Waals surface area (Å²) >= 11 is 0. The molecule has 14 atom stereocenters. The number of hydrogen-bond donors (Lipinski definition) is 0. The fraction of sp³-hybridized carbons (Fsp3) is 0.941. The summed E-state index contributed by atoms with van der Waals surface area (Å²) in [7, 11) is 0. The Labute approximate surface area is 260 Å². The van der Waals surface area contributed by atoms with E-state index in [1.165, 1.54) is 0 Å². The number of hydrogen-bond acceptors (Lipinski definition) is 10. The first-order valence-corrected chi connectivity index (χ1v) is 17.5. The highest BCUT2D eigenvalue weighted by Gasteiger charge is 2.76. The Morgan fingerprint density at radius 3 is 2.00 bits per heavy atom. The molecule has 0 radical (unpaired) electrons. The molecule has 2 saturated carbocycles. The van der Waals surface area contributed by atoms with Crippen LogP contribution in [0, 0.1) is 46.8 Å². The molecular formula is C34H50O10. The van der Waals surface area contributed by atoms with Gasteiger partial charge < -0.3 is 18.9 Å². The van der Waals surface area contributed by atoms with E-state index in [2.05, 4.69) is 20.8 Å². The van der Waals surface area contributed by atoms with E-state index in [1.807, 2.05) is 13.8 Å². The van der Waals surface area contributed by atoms with Gasteiger partial charge in [0.2, 0.25) is 24.2 Å². The molecule has 0 aromatic heterocycles. The van der Waals surface area contributed by atoms with Crippen LogP contribution in [0.15, 0.2) is 0 Å². The van der Waals surface area contributed by atoms with Crippen molar-refractivity contribution in [2.75, 3.05) is 0 Å². The van der Waals surface area contributed by atoms with Crippen LogP contribution in [0.5, 0.6) is 0 Å². The number of carbonyl (C=O) groups excluding carboxylic acids is 2. The molecule has 8 saturated heterocycles. The standard InChI is InChI=1S/C34H50O10/c1-6-7-8-15-32(25-12-10-20(3)23-14-17-31(5)40-29(38-27(32)36)34(23,25)44-42-31)18-21-24-11-9-19(2)22-13-16-30(4)39-28(37-26(21)35)33(22,24)43-41-30/h19-25,28-29H,6-18H2,1-5H3/t19-,20-,21?,22+,23+,24+,25+,28-,29-,30-,31-,32?,33-,34-/m1/s1. The highest BCUT2D eigenvalue weighted by Crippen LogP contribution is 2.67. The van der Waals surface area contributed by atoms with E-state index in [-0.39, 0.29) is 35.6 Å². The van der Waals surface area contributed by atoms with Gasteiger partial charge in [-0.15, -0.1) is 0 Å². The maximum Gasteiger partial charge on any atom is 0.314 e. The summed E-state index contributed by atoms with van der Waals surface area (Å²) in [6.07, 6.45) is 8.69. The molecule has 0 N–H and O–H groups in total. The molecule has 10 nitrogen and oxygen atoms in total. The number of rotatable bonds is 6. The van der Waals surface area contributed by atoms with E-state index in [4.69, 9.17) is 38.5 Å². The van der Waals surface area contributed by atoms with Gasteiger partial charge in [-0.2, -0.15) is 0 Å². The van der Waals surface area contributed by atoms with E-state index in [0.29, 0.717) is 37.5 Å². The van der Waals surface area contributed by atoms with Crippen LogP contribution in [0.3, 0.4) is 0 Å². The third-order valence-electron chi connectivity index (χ3n) is 13.6.